The normalized spacial score (nSPS) is 10.6. The first-order valence-corrected chi connectivity index (χ1v) is 7.66. The van der Waals surface area contributed by atoms with Crippen LogP contribution in [0.1, 0.15) is 32.9 Å². The Morgan fingerprint density at radius 3 is 2.46 bits per heavy atom. The van der Waals surface area contributed by atoms with E-state index in [1.54, 1.807) is 24.7 Å². The molecule has 5 heteroatoms. The third-order valence-corrected chi connectivity index (χ3v) is 3.79. The standard InChI is InChI=1S/C19H18N4O/c1-12-3-6-18(23-9-12)15-5-4-14(17(8-15)19(20)24)7-16-11-21-13(2)10-22-16/h3-6,8-11H,7H2,1-2H3,(H2,20,24). The predicted octanol–water partition coefficient (Wildman–Crippen LogP) is 2.85. The molecule has 0 bridgehead atoms. The Labute approximate surface area is 140 Å². The lowest BCUT2D eigenvalue weighted by atomic mass is 9.98. The Hall–Kier alpha value is -3.08. The van der Waals surface area contributed by atoms with Gasteiger partial charge in [0.2, 0.25) is 5.91 Å². The van der Waals surface area contributed by atoms with Gasteiger partial charge in [0.1, 0.15) is 0 Å². The van der Waals surface area contributed by atoms with E-state index in [0.29, 0.717) is 12.0 Å². The highest BCUT2D eigenvalue weighted by atomic mass is 16.1. The molecule has 0 saturated carbocycles. The summed E-state index contributed by atoms with van der Waals surface area (Å²) >= 11 is 0. The number of carbonyl (C=O) groups excluding carboxylic acids is 1. The first kappa shape index (κ1) is 15.8. The molecule has 0 fully saturated rings. The summed E-state index contributed by atoms with van der Waals surface area (Å²) in [6.45, 7) is 3.87. The number of aromatic nitrogens is 3. The highest BCUT2D eigenvalue weighted by Crippen LogP contribution is 2.22. The molecule has 1 amide bonds. The lowest BCUT2D eigenvalue weighted by Crippen LogP contribution is -2.14. The maximum Gasteiger partial charge on any atom is 0.249 e. The molecular weight excluding hydrogens is 300 g/mol. The predicted molar refractivity (Wildman–Crippen MR) is 92.5 cm³/mol. The maximum absolute atomic E-state index is 11.9. The topological polar surface area (TPSA) is 81.8 Å². The molecule has 5 nitrogen and oxygen atoms in total. The smallest absolute Gasteiger partial charge is 0.249 e. The van der Waals surface area contributed by atoms with E-state index < -0.39 is 5.91 Å². The van der Waals surface area contributed by atoms with E-state index >= 15 is 0 Å². The van der Waals surface area contributed by atoms with Gasteiger partial charge in [-0.2, -0.15) is 0 Å². The summed E-state index contributed by atoms with van der Waals surface area (Å²) in [4.78, 5) is 24.8. The van der Waals surface area contributed by atoms with E-state index in [-0.39, 0.29) is 0 Å². The van der Waals surface area contributed by atoms with Gasteiger partial charge in [0.25, 0.3) is 0 Å². The molecule has 0 unspecified atom stereocenters. The summed E-state index contributed by atoms with van der Waals surface area (Å²) in [6, 6.07) is 9.55. The van der Waals surface area contributed by atoms with Crippen LogP contribution in [0.2, 0.25) is 0 Å². The summed E-state index contributed by atoms with van der Waals surface area (Å²) < 4.78 is 0. The number of nitrogens with two attached hydrogens (primary N) is 1. The van der Waals surface area contributed by atoms with Crippen molar-refractivity contribution in [2.45, 2.75) is 20.3 Å². The minimum Gasteiger partial charge on any atom is -0.366 e. The number of hydrogen-bond acceptors (Lipinski definition) is 4. The van der Waals surface area contributed by atoms with Gasteiger partial charge in [-0.3, -0.25) is 19.7 Å². The average molecular weight is 318 g/mol. The van der Waals surface area contributed by atoms with Crippen LogP contribution in [0.3, 0.4) is 0 Å². The van der Waals surface area contributed by atoms with Crippen molar-refractivity contribution >= 4 is 5.91 Å². The van der Waals surface area contributed by atoms with E-state index in [1.165, 1.54) is 0 Å². The first-order chi connectivity index (χ1) is 11.5. The number of pyridine rings is 1. The van der Waals surface area contributed by atoms with Crippen molar-refractivity contribution in [2.24, 2.45) is 5.73 Å². The van der Waals surface area contributed by atoms with Gasteiger partial charge in [0.15, 0.2) is 0 Å². The summed E-state index contributed by atoms with van der Waals surface area (Å²) in [5.74, 6) is -0.459. The maximum atomic E-state index is 11.9. The summed E-state index contributed by atoms with van der Waals surface area (Å²) in [6.07, 6.45) is 5.74. The minimum absolute atomic E-state index is 0.459. The van der Waals surface area contributed by atoms with Crippen LogP contribution in [0.4, 0.5) is 0 Å². The molecule has 0 aliphatic heterocycles. The summed E-state index contributed by atoms with van der Waals surface area (Å²) in [5, 5.41) is 0. The largest absolute Gasteiger partial charge is 0.366 e. The van der Waals surface area contributed by atoms with Crippen LogP contribution in [0.15, 0.2) is 48.9 Å². The van der Waals surface area contributed by atoms with E-state index in [1.807, 2.05) is 38.1 Å². The molecule has 0 radical (unpaired) electrons. The van der Waals surface area contributed by atoms with Crippen molar-refractivity contribution in [3.05, 3.63) is 77.0 Å². The second-order valence-electron chi connectivity index (χ2n) is 5.78. The molecule has 0 aliphatic rings. The number of primary amides is 1. The van der Waals surface area contributed by atoms with Gasteiger partial charge in [-0.1, -0.05) is 18.2 Å². The van der Waals surface area contributed by atoms with Gasteiger partial charge in [0.05, 0.1) is 17.1 Å². The fourth-order valence-corrected chi connectivity index (χ4v) is 2.46. The number of aryl methyl sites for hydroxylation is 2. The van der Waals surface area contributed by atoms with Gasteiger partial charge in [0, 0.05) is 36.1 Å². The third kappa shape index (κ3) is 3.46. The number of amides is 1. The fraction of sp³-hybridized carbons (Fsp3) is 0.158. The first-order valence-electron chi connectivity index (χ1n) is 7.66. The van der Waals surface area contributed by atoms with Crippen LogP contribution >= 0.6 is 0 Å². The third-order valence-electron chi connectivity index (χ3n) is 3.79. The lowest BCUT2D eigenvalue weighted by molar-refractivity contribution is 0.0999. The van der Waals surface area contributed by atoms with Crippen LogP contribution < -0.4 is 5.73 Å². The van der Waals surface area contributed by atoms with Crippen molar-refractivity contribution in [1.82, 2.24) is 15.0 Å². The monoisotopic (exact) mass is 318 g/mol. The number of hydrogen-bond donors (Lipinski definition) is 1. The second-order valence-corrected chi connectivity index (χ2v) is 5.78. The van der Waals surface area contributed by atoms with E-state index in [2.05, 4.69) is 15.0 Å². The van der Waals surface area contributed by atoms with Crippen molar-refractivity contribution < 1.29 is 4.79 Å². The molecule has 0 saturated heterocycles. The quantitative estimate of drug-likeness (QED) is 0.802. The number of carbonyl (C=O) groups is 1. The molecule has 3 rings (SSSR count). The SMILES string of the molecule is Cc1ccc(-c2ccc(Cc3cnc(C)cn3)c(C(N)=O)c2)nc1. The Balaban J connectivity index is 1.97. The van der Waals surface area contributed by atoms with Crippen LogP contribution in [-0.2, 0) is 6.42 Å². The highest BCUT2D eigenvalue weighted by Gasteiger charge is 2.12. The number of benzene rings is 1. The summed E-state index contributed by atoms with van der Waals surface area (Å²) in [7, 11) is 0. The van der Waals surface area contributed by atoms with E-state index in [9.17, 15) is 4.79 Å². The van der Waals surface area contributed by atoms with Gasteiger partial charge >= 0.3 is 0 Å². The molecule has 2 aromatic heterocycles. The van der Waals surface area contributed by atoms with Gasteiger partial charge in [-0.05, 0) is 37.1 Å². The number of nitrogens with zero attached hydrogens (tertiary/aromatic N) is 3. The molecule has 2 heterocycles. The molecule has 0 spiro atoms. The molecule has 0 aliphatic carbocycles. The average Bonchev–Trinajstić information content (AvgIpc) is 2.58. The molecule has 0 atom stereocenters. The Bertz CT molecular complexity index is 871. The highest BCUT2D eigenvalue weighted by molar-refractivity contribution is 5.95. The zero-order chi connectivity index (χ0) is 17.1. The van der Waals surface area contributed by atoms with Crippen LogP contribution in [0, 0.1) is 13.8 Å². The van der Waals surface area contributed by atoms with Crippen molar-refractivity contribution in [2.75, 3.05) is 0 Å². The second kappa shape index (κ2) is 6.58. The molecule has 24 heavy (non-hydrogen) atoms. The van der Waals surface area contributed by atoms with Crippen molar-refractivity contribution in [3.8, 4) is 11.3 Å². The van der Waals surface area contributed by atoms with Crippen molar-refractivity contribution in [3.63, 3.8) is 0 Å². The number of rotatable bonds is 4. The van der Waals surface area contributed by atoms with Gasteiger partial charge in [-0.15, -0.1) is 0 Å². The zero-order valence-electron chi connectivity index (χ0n) is 13.7. The van der Waals surface area contributed by atoms with E-state index in [0.717, 1.165) is 33.8 Å². The van der Waals surface area contributed by atoms with Gasteiger partial charge in [-0.25, -0.2) is 0 Å². The molecular formula is C19H18N4O. The van der Waals surface area contributed by atoms with Crippen LogP contribution in [0.5, 0.6) is 0 Å². The summed E-state index contributed by atoms with van der Waals surface area (Å²) in [5.41, 5.74) is 11.3. The molecule has 3 aromatic rings. The van der Waals surface area contributed by atoms with Crippen LogP contribution in [-0.4, -0.2) is 20.9 Å². The van der Waals surface area contributed by atoms with E-state index in [4.69, 9.17) is 5.73 Å². The van der Waals surface area contributed by atoms with Crippen LogP contribution in [0.25, 0.3) is 11.3 Å². The Morgan fingerprint density at radius 2 is 1.83 bits per heavy atom. The minimum atomic E-state index is -0.459. The zero-order valence-corrected chi connectivity index (χ0v) is 13.7. The van der Waals surface area contributed by atoms with Crippen molar-refractivity contribution in [1.29, 1.82) is 0 Å². The molecule has 1 aromatic carbocycles. The Kier molecular flexibility index (Phi) is 4.33. The molecule has 2 N–H and O–H groups in total. The van der Waals surface area contributed by atoms with Gasteiger partial charge < -0.3 is 5.73 Å². The lowest BCUT2D eigenvalue weighted by Gasteiger charge is -2.09. The Morgan fingerprint density at radius 1 is 1.00 bits per heavy atom. The molecule has 120 valence electrons. The fourth-order valence-electron chi connectivity index (χ4n) is 2.46.